The van der Waals surface area contributed by atoms with E-state index in [9.17, 15) is 14.7 Å². The lowest BCUT2D eigenvalue weighted by Crippen LogP contribution is -2.55. The Labute approximate surface area is 140 Å². The number of nitrogens with one attached hydrogen (secondary N) is 1. The Morgan fingerprint density at radius 1 is 1.35 bits per heavy atom. The molecule has 23 heavy (non-hydrogen) atoms. The minimum atomic E-state index is -0.824. The van der Waals surface area contributed by atoms with Gasteiger partial charge in [-0.25, -0.2) is 0 Å². The fourth-order valence-electron chi connectivity index (χ4n) is 3.05. The van der Waals surface area contributed by atoms with Crippen molar-refractivity contribution in [1.82, 2.24) is 5.32 Å². The molecule has 2 N–H and O–H groups in total. The summed E-state index contributed by atoms with van der Waals surface area (Å²) in [6.45, 7) is 1.85. The van der Waals surface area contributed by atoms with Gasteiger partial charge in [0.05, 0.1) is 24.3 Å². The molecule has 1 aromatic rings. The Bertz CT molecular complexity index is 560. The first-order valence-electron chi connectivity index (χ1n) is 7.75. The zero-order valence-electron chi connectivity index (χ0n) is 13.5. The summed E-state index contributed by atoms with van der Waals surface area (Å²) < 4.78 is 5.10. The Morgan fingerprint density at radius 2 is 2.04 bits per heavy atom. The first-order chi connectivity index (χ1) is 10.9. The van der Waals surface area contributed by atoms with E-state index in [0.717, 1.165) is 23.5 Å². The van der Waals surface area contributed by atoms with Crippen LogP contribution in [0.1, 0.15) is 32.6 Å². The number of carbonyl (C=O) groups is 2. The van der Waals surface area contributed by atoms with Crippen LogP contribution in [0.2, 0.25) is 0 Å². The van der Waals surface area contributed by atoms with E-state index < -0.39 is 17.4 Å². The van der Waals surface area contributed by atoms with E-state index in [1.165, 1.54) is 11.8 Å². The molecular formula is C17H23NO4S. The molecule has 6 heteroatoms. The molecule has 0 saturated heterocycles. The Hall–Kier alpha value is -1.69. The minimum Gasteiger partial charge on any atom is -0.497 e. The van der Waals surface area contributed by atoms with Gasteiger partial charge in [-0.3, -0.25) is 9.59 Å². The van der Waals surface area contributed by atoms with Gasteiger partial charge in [-0.1, -0.05) is 12.8 Å². The summed E-state index contributed by atoms with van der Waals surface area (Å²) >= 11 is 1.43. The van der Waals surface area contributed by atoms with Crippen molar-refractivity contribution in [2.24, 2.45) is 5.92 Å². The van der Waals surface area contributed by atoms with Gasteiger partial charge in [0, 0.05) is 4.90 Å². The lowest BCUT2D eigenvalue weighted by molar-refractivity contribution is -0.146. The highest BCUT2D eigenvalue weighted by Gasteiger charge is 2.42. The van der Waals surface area contributed by atoms with Crippen molar-refractivity contribution < 1.29 is 19.4 Å². The van der Waals surface area contributed by atoms with E-state index >= 15 is 0 Å². The van der Waals surface area contributed by atoms with Gasteiger partial charge in [-0.05, 0) is 44.0 Å². The van der Waals surface area contributed by atoms with Crippen LogP contribution < -0.4 is 10.1 Å². The zero-order chi connectivity index (χ0) is 16.9. The van der Waals surface area contributed by atoms with Gasteiger partial charge in [0.15, 0.2) is 0 Å². The molecule has 1 fully saturated rings. The van der Waals surface area contributed by atoms with Crippen LogP contribution in [0, 0.1) is 5.92 Å². The van der Waals surface area contributed by atoms with Gasteiger partial charge in [-0.15, -0.1) is 11.8 Å². The molecule has 1 saturated carbocycles. The van der Waals surface area contributed by atoms with Gasteiger partial charge in [0.25, 0.3) is 0 Å². The number of hydrogen-bond acceptors (Lipinski definition) is 4. The van der Waals surface area contributed by atoms with E-state index in [0.29, 0.717) is 12.8 Å². The Kier molecular flexibility index (Phi) is 5.93. The maximum absolute atomic E-state index is 12.2. The van der Waals surface area contributed by atoms with Gasteiger partial charge in [0.1, 0.15) is 5.75 Å². The fourth-order valence-corrected chi connectivity index (χ4v) is 3.75. The third-order valence-electron chi connectivity index (χ3n) is 4.36. The molecule has 5 nitrogen and oxygen atoms in total. The largest absolute Gasteiger partial charge is 0.497 e. The number of carboxylic acid groups (broad SMARTS) is 1. The second-order valence-corrected chi connectivity index (χ2v) is 7.12. The van der Waals surface area contributed by atoms with Gasteiger partial charge in [-0.2, -0.15) is 0 Å². The van der Waals surface area contributed by atoms with Crippen molar-refractivity contribution in [2.45, 2.75) is 43.0 Å². The number of benzene rings is 1. The predicted octanol–water partition coefficient (Wildman–Crippen LogP) is 2.94. The molecule has 2 unspecified atom stereocenters. The number of aliphatic carboxylic acids is 1. The molecule has 0 aliphatic heterocycles. The molecule has 126 valence electrons. The van der Waals surface area contributed by atoms with E-state index in [4.69, 9.17) is 4.74 Å². The van der Waals surface area contributed by atoms with Crippen LogP contribution in [0.5, 0.6) is 5.75 Å². The zero-order valence-corrected chi connectivity index (χ0v) is 14.3. The molecule has 1 aliphatic carbocycles. The van der Waals surface area contributed by atoms with E-state index in [1.54, 1.807) is 7.11 Å². The summed E-state index contributed by atoms with van der Waals surface area (Å²) in [6.07, 6.45) is 3.19. The van der Waals surface area contributed by atoms with Crippen molar-refractivity contribution in [3.05, 3.63) is 24.3 Å². The van der Waals surface area contributed by atoms with Crippen LogP contribution in [0.15, 0.2) is 29.2 Å². The second-order valence-electron chi connectivity index (χ2n) is 6.07. The maximum atomic E-state index is 12.2. The van der Waals surface area contributed by atoms with Crippen LogP contribution in [0.4, 0.5) is 0 Å². The first kappa shape index (κ1) is 17.7. The normalized spacial score (nSPS) is 24.0. The average molecular weight is 337 g/mol. The Balaban J connectivity index is 1.91. The molecule has 1 aliphatic rings. The van der Waals surface area contributed by atoms with Crippen LogP contribution >= 0.6 is 11.8 Å². The van der Waals surface area contributed by atoms with Crippen molar-refractivity contribution in [3.8, 4) is 5.75 Å². The quantitative estimate of drug-likeness (QED) is 0.781. The number of methoxy groups -OCH3 is 1. The standard InChI is InChI=1S/C17H23NO4S/c1-17(10-4-3-5-14(17)16(20)21)18-15(19)11-23-13-8-6-12(22-2)7-9-13/h6-9,14H,3-5,10-11H2,1-2H3,(H,18,19)(H,20,21). The van der Waals surface area contributed by atoms with Crippen molar-refractivity contribution in [1.29, 1.82) is 0 Å². The number of thioether (sulfide) groups is 1. The lowest BCUT2D eigenvalue weighted by atomic mass is 9.74. The molecule has 1 amide bonds. The van der Waals surface area contributed by atoms with Crippen LogP contribution in [0.3, 0.4) is 0 Å². The maximum Gasteiger partial charge on any atom is 0.308 e. The van der Waals surface area contributed by atoms with Crippen LogP contribution in [0.25, 0.3) is 0 Å². The minimum absolute atomic E-state index is 0.124. The molecule has 0 spiro atoms. The summed E-state index contributed by atoms with van der Waals surface area (Å²) in [4.78, 5) is 24.6. The third-order valence-corrected chi connectivity index (χ3v) is 5.37. The molecule has 2 atom stereocenters. The lowest BCUT2D eigenvalue weighted by Gasteiger charge is -2.39. The van der Waals surface area contributed by atoms with Gasteiger partial charge >= 0.3 is 5.97 Å². The number of amides is 1. The highest BCUT2D eigenvalue weighted by atomic mass is 32.2. The molecule has 0 aromatic heterocycles. The summed E-state index contributed by atoms with van der Waals surface area (Å²) in [5, 5.41) is 12.3. The number of hydrogen-bond donors (Lipinski definition) is 2. The molecule has 1 aromatic carbocycles. The third kappa shape index (κ3) is 4.64. The van der Waals surface area contributed by atoms with Crippen LogP contribution in [-0.4, -0.2) is 35.4 Å². The number of carbonyl (C=O) groups excluding carboxylic acids is 1. The first-order valence-corrected chi connectivity index (χ1v) is 8.74. The van der Waals surface area contributed by atoms with E-state index in [-0.39, 0.29) is 11.7 Å². The monoisotopic (exact) mass is 337 g/mol. The summed E-state index contributed by atoms with van der Waals surface area (Å²) in [6, 6.07) is 7.50. The summed E-state index contributed by atoms with van der Waals surface area (Å²) in [7, 11) is 1.61. The topological polar surface area (TPSA) is 75.6 Å². The highest BCUT2D eigenvalue weighted by Crippen LogP contribution is 2.34. The number of carboxylic acids is 1. The smallest absolute Gasteiger partial charge is 0.308 e. The highest BCUT2D eigenvalue weighted by molar-refractivity contribution is 8.00. The SMILES string of the molecule is COc1ccc(SCC(=O)NC2(C)CCCCC2C(=O)O)cc1. The van der Waals surface area contributed by atoms with Crippen molar-refractivity contribution in [3.63, 3.8) is 0 Å². The molecule has 0 bridgehead atoms. The van der Waals surface area contributed by atoms with Gasteiger partial charge < -0.3 is 15.2 Å². The molecular weight excluding hydrogens is 314 g/mol. The predicted molar refractivity (Wildman–Crippen MR) is 89.9 cm³/mol. The molecule has 0 radical (unpaired) electrons. The summed E-state index contributed by atoms with van der Waals surface area (Å²) in [5.74, 6) is -0.408. The van der Waals surface area contributed by atoms with E-state index in [1.807, 2.05) is 31.2 Å². The molecule has 2 rings (SSSR count). The van der Waals surface area contributed by atoms with Crippen LogP contribution in [-0.2, 0) is 9.59 Å². The summed E-state index contributed by atoms with van der Waals surface area (Å²) in [5.41, 5.74) is -0.651. The fraction of sp³-hybridized carbons (Fsp3) is 0.529. The van der Waals surface area contributed by atoms with E-state index in [2.05, 4.69) is 5.32 Å². The van der Waals surface area contributed by atoms with Crippen molar-refractivity contribution in [2.75, 3.05) is 12.9 Å². The number of ether oxygens (including phenoxy) is 1. The average Bonchev–Trinajstić information content (AvgIpc) is 2.53. The Morgan fingerprint density at radius 3 is 2.65 bits per heavy atom. The van der Waals surface area contributed by atoms with Gasteiger partial charge in [0.2, 0.25) is 5.91 Å². The number of rotatable bonds is 6. The second kappa shape index (κ2) is 7.73. The van der Waals surface area contributed by atoms with Crippen molar-refractivity contribution >= 4 is 23.6 Å². The molecule has 0 heterocycles.